The van der Waals surface area contributed by atoms with Crippen LogP contribution in [0.15, 0.2) is 18.2 Å². The van der Waals surface area contributed by atoms with Gasteiger partial charge in [0, 0.05) is 18.5 Å². The Hall–Kier alpha value is -2.61. The molecule has 1 unspecified atom stereocenters. The lowest BCUT2D eigenvalue weighted by Crippen LogP contribution is -2.46. The minimum Gasteiger partial charge on any atom is -0.496 e. The van der Waals surface area contributed by atoms with Gasteiger partial charge in [0.1, 0.15) is 17.3 Å². The van der Waals surface area contributed by atoms with E-state index in [4.69, 9.17) is 14.6 Å². The zero-order valence-electron chi connectivity index (χ0n) is 13.0. The summed E-state index contributed by atoms with van der Waals surface area (Å²) in [5.74, 6) is -1.32. The van der Waals surface area contributed by atoms with E-state index in [1.807, 2.05) is 0 Å². The lowest BCUT2D eigenvalue weighted by atomic mass is 10.2. The third-order valence-electron chi connectivity index (χ3n) is 3.98. The third-order valence-corrected chi connectivity index (χ3v) is 3.98. The van der Waals surface area contributed by atoms with Crippen LogP contribution in [0, 0.1) is 5.82 Å². The molecule has 24 heavy (non-hydrogen) atoms. The van der Waals surface area contributed by atoms with E-state index < -0.39 is 17.9 Å². The number of ether oxygens (including phenoxy) is 2. The molecule has 1 aromatic heterocycles. The van der Waals surface area contributed by atoms with Crippen molar-refractivity contribution in [3.63, 3.8) is 0 Å². The van der Waals surface area contributed by atoms with Crippen LogP contribution in [0.4, 0.5) is 4.39 Å². The molecule has 128 valence electrons. The smallest absolute Gasteiger partial charge is 0.306 e. The van der Waals surface area contributed by atoms with Gasteiger partial charge in [0.25, 0.3) is 5.91 Å². The Kier molecular flexibility index (Phi) is 4.39. The molecular formula is C16H17FN2O5. The van der Waals surface area contributed by atoms with Crippen LogP contribution in [0.3, 0.4) is 0 Å². The van der Waals surface area contributed by atoms with Crippen molar-refractivity contribution in [1.29, 1.82) is 0 Å². The number of hydrogen-bond donors (Lipinski definition) is 2. The number of carbonyl (C=O) groups is 2. The molecule has 0 bridgehead atoms. The van der Waals surface area contributed by atoms with Crippen LogP contribution in [0.25, 0.3) is 10.9 Å². The highest BCUT2D eigenvalue weighted by atomic mass is 19.1. The van der Waals surface area contributed by atoms with E-state index in [9.17, 15) is 14.0 Å². The largest absolute Gasteiger partial charge is 0.496 e. The summed E-state index contributed by atoms with van der Waals surface area (Å²) in [5, 5.41) is 9.33. The minimum absolute atomic E-state index is 0.168. The van der Waals surface area contributed by atoms with Crippen molar-refractivity contribution in [3.05, 3.63) is 29.7 Å². The van der Waals surface area contributed by atoms with E-state index in [1.165, 1.54) is 24.1 Å². The van der Waals surface area contributed by atoms with Gasteiger partial charge in [-0.05, 0) is 18.2 Å². The normalized spacial score (nSPS) is 17.9. The van der Waals surface area contributed by atoms with Crippen LogP contribution >= 0.6 is 0 Å². The Morgan fingerprint density at radius 2 is 2.29 bits per heavy atom. The topological polar surface area (TPSA) is 91.9 Å². The lowest BCUT2D eigenvalue weighted by Gasteiger charge is -2.32. The number of aromatic amines is 1. The molecule has 1 aromatic carbocycles. The second kappa shape index (κ2) is 6.48. The van der Waals surface area contributed by atoms with Crippen molar-refractivity contribution in [2.75, 3.05) is 26.8 Å². The zero-order valence-corrected chi connectivity index (χ0v) is 13.0. The van der Waals surface area contributed by atoms with Crippen molar-refractivity contribution in [3.8, 4) is 5.75 Å². The van der Waals surface area contributed by atoms with Crippen molar-refractivity contribution in [2.45, 2.75) is 12.5 Å². The number of rotatable bonds is 4. The maximum Gasteiger partial charge on any atom is 0.306 e. The molecule has 2 aromatic rings. The second-order valence-corrected chi connectivity index (χ2v) is 5.56. The quantitative estimate of drug-likeness (QED) is 0.885. The average Bonchev–Trinajstić information content (AvgIpc) is 3.00. The van der Waals surface area contributed by atoms with Gasteiger partial charge in [-0.3, -0.25) is 9.59 Å². The number of hydrogen-bond acceptors (Lipinski definition) is 4. The number of morpholine rings is 1. The van der Waals surface area contributed by atoms with Crippen LogP contribution in [0.2, 0.25) is 0 Å². The first-order chi connectivity index (χ1) is 11.5. The van der Waals surface area contributed by atoms with Crippen LogP contribution in [0.5, 0.6) is 5.75 Å². The number of fused-ring (bicyclic) bond motifs is 1. The number of H-pyrrole nitrogens is 1. The van der Waals surface area contributed by atoms with Crippen molar-refractivity contribution in [2.24, 2.45) is 0 Å². The summed E-state index contributed by atoms with van der Waals surface area (Å²) < 4.78 is 24.5. The Bertz CT molecular complexity index is 788. The van der Waals surface area contributed by atoms with Crippen molar-refractivity contribution < 1.29 is 28.6 Å². The lowest BCUT2D eigenvalue weighted by molar-refractivity contribution is -0.141. The minimum atomic E-state index is -0.980. The van der Waals surface area contributed by atoms with Gasteiger partial charge in [-0.2, -0.15) is 0 Å². The number of nitrogens with zero attached hydrogens (tertiary/aromatic N) is 1. The number of nitrogens with one attached hydrogen (secondary N) is 1. The number of carboxylic acid groups (broad SMARTS) is 1. The number of halogens is 1. The Morgan fingerprint density at radius 1 is 1.50 bits per heavy atom. The monoisotopic (exact) mass is 336 g/mol. The van der Waals surface area contributed by atoms with Crippen molar-refractivity contribution in [1.82, 2.24) is 9.88 Å². The summed E-state index contributed by atoms with van der Waals surface area (Å²) in [5.41, 5.74) is 0.428. The average molecular weight is 336 g/mol. The molecule has 0 spiro atoms. The summed E-state index contributed by atoms with van der Waals surface area (Å²) in [6.07, 6.45) is -0.713. The van der Waals surface area contributed by atoms with Gasteiger partial charge in [-0.15, -0.1) is 0 Å². The summed E-state index contributed by atoms with van der Waals surface area (Å²) >= 11 is 0. The van der Waals surface area contributed by atoms with Crippen LogP contribution in [0.1, 0.15) is 16.9 Å². The first-order valence-electron chi connectivity index (χ1n) is 7.47. The predicted octanol–water partition coefficient (Wildman–Crippen LogP) is 1.63. The first kappa shape index (κ1) is 16.3. The molecule has 1 atom stereocenters. The molecule has 3 rings (SSSR count). The van der Waals surface area contributed by atoms with E-state index in [0.29, 0.717) is 17.7 Å². The molecule has 2 N–H and O–H groups in total. The van der Waals surface area contributed by atoms with Gasteiger partial charge in [0.05, 0.1) is 31.8 Å². The molecular weight excluding hydrogens is 319 g/mol. The molecule has 1 aliphatic heterocycles. The zero-order chi connectivity index (χ0) is 17.3. The number of amides is 1. The molecule has 7 nitrogen and oxygen atoms in total. The highest BCUT2D eigenvalue weighted by molar-refractivity contribution is 6.00. The number of methoxy groups -OCH3 is 1. The first-order valence-corrected chi connectivity index (χ1v) is 7.47. The van der Waals surface area contributed by atoms with Crippen molar-refractivity contribution >= 4 is 22.8 Å². The van der Waals surface area contributed by atoms with E-state index in [2.05, 4.69) is 4.98 Å². The van der Waals surface area contributed by atoms with Gasteiger partial charge in [-0.25, -0.2) is 4.39 Å². The van der Waals surface area contributed by atoms with E-state index in [1.54, 1.807) is 6.07 Å². The van der Waals surface area contributed by atoms with Crippen LogP contribution < -0.4 is 4.74 Å². The molecule has 1 amide bonds. The number of benzene rings is 1. The summed E-state index contributed by atoms with van der Waals surface area (Å²) in [7, 11) is 1.47. The Balaban J connectivity index is 1.86. The highest BCUT2D eigenvalue weighted by Crippen LogP contribution is 2.29. The molecule has 0 aliphatic carbocycles. The fourth-order valence-corrected chi connectivity index (χ4v) is 2.84. The number of carbonyl (C=O) groups excluding carboxylic acids is 1. The molecule has 0 saturated carbocycles. The maximum atomic E-state index is 13.9. The molecule has 1 aliphatic rings. The number of aromatic nitrogens is 1. The Labute approximate surface area is 137 Å². The molecule has 2 heterocycles. The predicted molar refractivity (Wildman–Crippen MR) is 82.7 cm³/mol. The van der Waals surface area contributed by atoms with E-state index >= 15 is 0 Å². The molecule has 8 heteroatoms. The van der Waals surface area contributed by atoms with E-state index in [-0.39, 0.29) is 36.7 Å². The van der Waals surface area contributed by atoms with Crippen LogP contribution in [-0.2, 0) is 9.53 Å². The SMILES string of the molecule is COc1ccc(F)c2[nH]c(C(=O)N3CCOC(CC(=O)O)C3)cc12. The fourth-order valence-electron chi connectivity index (χ4n) is 2.84. The summed E-state index contributed by atoms with van der Waals surface area (Å²) in [6, 6.07) is 4.31. The van der Waals surface area contributed by atoms with Gasteiger partial charge in [0.15, 0.2) is 0 Å². The van der Waals surface area contributed by atoms with Crippen LogP contribution in [-0.4, -0.2) is 59.8 Å². The summed E-state index contributed by atoms with van der Waals surface area (Å²) in [4.78, 5) is 27.7. The number of aliphatic carboxylic acids is 1. The van der Waals surface area contributed by atoms with Gasteiger partial charge in [-0.1, -0.05) is 0 Å². The standard InChI is InChI=1S/C16H17FN2O5/c1-23-13-3-2-11(17)15-10(13)7-12(18-15)16(22)19-4-5-24-9(8-19)6-14(20)21/h2-3,7,9,18H,4-6,8H2,1H3,(H,20,21). The fraction of sp³-hybridized carbons (Fsp3) is 0.375. The van der Waals surface area contributed by atoms with Gasteiger partial charge >= 0.3 is 5.97 Å². The Morgan fingerprint density at radius 3 is 3.00 bits per heavy atom. The maximum absolute atomic E-state index is 13.9. The molecule has 1 saturated heterocycles. The second-order valence-electron chi connectivity index (χ2n) is 5.56. The van der Waals surface area contributed by atoms with Gasteiger partial charge < -0.3 is 24.5 Å². The van der Waals surface area contributed by atoms with Gasteiger partial charge in [0.2, 0.25) is 0 Å². The number of carboxylic acids is 1. The summed E-state index contributed by atoms with van der Waals surface area (Å²) in [6.45, 7) is 0.797. The molecule has 1 fully saturated rings. The van der Waals surface area contributed by atoms with E-state index in [0.717, 1.165) is 0 Å². The third kappa shape index (κ3) is 3.05. The highest BCUT2D eigenvalue weighted by Gasteiger charge is 2.28. The molecule has 0 radical (unpaired) electrons.